The van der Waals surface area contributed by atoms with Gasteiger partial charge in [0.05, 0.1) is 6.54 Å². The largest absolute Gasteiger partial charge is 0.480 e. The maximum absolute atomic E-state index is 11.2. The summed E-state index contributed by atoms with van der Waals surface area (Å²) < 4.78 is 0. The molecule has 0 aromatic carbocycles. The maximum atomic E-state index is 11.2. The molecule has 1 fully saturated rings. The molecule has 1 aliphatic heterocycles. The van der Waals surface area contributed by atoms with Gasteiger partial charge in [-0.05, 0) is 13.0 Å². The number of hydrogen-bond donors (Lipinski definition) is 2. The Bertz CT molecular complexity index is 268. The van der Waals surface area contributed by atoms with Crippen molar-refractivity contribution in [3.8, 4) is 0 Å². The molecular formula is C12H22N2O3. The number of amides is 1. The number of carbonyl (C=O) groups is 2. The highest BCUT2D eigenvalue weighted by molar-refractivity contribution is 5.83. The molecule has 0 bridgehead atoms. The Balaban J connectivity index is 2.31. The van der Waals surface area contributed by atoms with E-state index in [-0.39, 0.29) is 19.0 Å². The number of piperazine rings is 1. The van der Waals surface area contributed by atoms with Gasteiger partial charge in [0, 0.05) is 6.54 Å². The lowest BCUT2D eigenvalue weighted by molar-refractivity contribution is -0.146. The molecule has 98 valence electrons. The third-order valence-corrected chi connectivity index (χ3v) is 3.11. The molecule has 0 aromatic heterocycles. The van der Waals surface area contributed by atoms with E-state index in [0.29, 0.717) is 6.54 Å². The van der Waals surface area contributed by atoms with Gasteiger partial charge in [-0.15, -0.1) is 0 Å². The van der Waals surface area contributed by atoms with Crippen LogP contribution in [0, 0.1) is 0 Å². The van der Waals surface area contributed by atoms with Crippen LogP contribution < -0.4 is 5.32 Å². The molecule has 2 N–H and O–H groups in total. The quantitative estimate of drug-likeness (QED) is 0.649. The monoisotopic (exact) mass is 242 g/mol. The second-order valence-electron chi connectivity index (χ2n) is 4.54. The first-order valence-electron chi connectivity index (χ1n) is 6.38. The van der Waals surface area contributed by atoms with Gasteiger partial charge in [0.15, 0.2) is 0 Å². The van der Waals surface area contributed by atoms with Crippen LogP contribution in [0.15, 0.2) is 0 Å². The highest BCUT2D eigenvalue weighted by Crippen LogP contribution is 2.09. The van der Waals surface area contributed by atoms with E-state index in [1.807, 2.05) is 0 Å². The number of carbonyl (C=O) groups excluding carboxylic acids is 1. The van der Waals surface area contributed by atoms with Crippen molar-refractivity contribution in [1.29, 1.82) is 0 Å². The van der Waals surface area contributed by atoms with Crippen LogP contribution in [0.25, 0.3) is 0 Å². The Labute approximate surface area is 102 Å². The molecule has 0 aliphatic carbocycles. The standard InChI is InChI=1S/C12H22N2O3/c1-2-3-4-5-6-7-14-9-11(15)13-8-10(14)12(16)17/h10H,2-9H2,1H3,(H,13,15)(H,16,17). The Morgan fingerprint density at radius 2 is 2.12 bits per heavy atom. The number of aliphatic carboxylic acids is 1. The molecule has 1 amide bonds. The number of carboxylic acid groups (broad SMARTS) is 1. The Morgan fingerprint density at radius 1 is 1.41 bits per heavy atom. The van der Waals surface area contributed by atoms with Crippen LogP contribution in [0.4, 0.5) is 0 Å². The second-order valence-corrected chi connectivity index (χ2v) is 4.54. The van der Waals surface area contributed by atoms with Crippen LogP contribution in [0.2, 0.25) is 0 Å². The Kier molecular flexibility index (Phi) is 5.97. The van der Waals surface area contributed by atoms with Crippen LogP contribution in [-0.2, 0) is 9.59 Å². The number of carboxylic acids is 1. The van der Waals surface area contributed by atoms with E-state index in [0.717, 1.165) is 12.8 Å². The summed E-state index contributed by atoms with van der Waals surface area (Å²) in [5.41, 5.74) is 0. The minimum atomic E-state index is -0.849. The SMILES string of the molecule is CCCCCCCN1CC(=O)NCC1C(=O)O. The minimum absolute atomic E-state index is 0.0731. The Morgan fingerprint density at radius 3 is 2.76 bits per heavy atom. The molecule has 1 aliphatic rings. The molecule has 5 heteroatoms. The van der Waals surface area contributed by atoms with Gasteiger partial charge >= 0.3 is 5.97 Å². The van der Waals surface area contributed by atoms with E-state index < -0.39 is 12.0 Å². The zero-order chi connectivity index (χ0) is 12.7. The summed E-state index contributed by atoms with van der Waals surface area (Å²) in [6, 6.07) is -0.557. The van der Waals surface area contributed by atoms with E-state index in [4.69, 9.17) is 5.11 Å². The highest BCUT2D eigenvalue weighted by atomic mass is 16.4. The van der Waals surface area contributed by atoms with Crippen molar-refractivity contribution < 1.29 is 14.7 Å². The van der Waals surface area contributed by atoms with Gasteiger partial charge in [0.2, 0.25) is 5.91 Å². The van der Waals surface area contributed by atoms with Gasteiger partial charge in [-0.1, -0.05) is 32.6 Å². The Hall–Kier alpha value is -1.10. The summed E-state index contributed by atoms with van der Waals surface area (Å²) in [5, 5.41) is 11.6. The first-order chi connectivity index (χ1) is 8.15. The number of rotatable bonds is 7. The molecule has 1 rings (SSSR count). The summed E-state index contributed by atoms with van der Waals surface area (Å²) in [6.45, 7) is 3.30. The molecule has 0 spiro atoms. The van der Waals surface area contributed by atoms with Crippen molar-refractivity contribution in [2.45, 2.75) is 45.1 Å². The number of nitrogens with zero attached hydrogens (tertiary/aromatic N) is 1. The van der Waals surface area contributed by atoms with E-state index in [2.05, 4.69) is 12.2 Å². The normalized spacial score (nSPS) is 21.2. The van der Waals surface area contributed by atoms with E-state index >= 15 is 0 Å². The van der Waals surface area contributed by atoms with Gasteiger partial charge in [0.1, 0.15) is 6.04 Å². The van der Waals surface area contributed by atoms with Crippen molar-refractivity contribution in [1.82, 2.24) is 10.2 Å². The van der Waals surface area contributed by atoms with Crippen molar-refractivity contribution in [3.05, 3.63) is 0 Å². The fraction of sp³-hybridized carbons (Fsp3) is 0.833. The molecule has 1 unspecified atom stereocenters. The summed E-state index contributed by atoms with van der Waals surface area (Å²) in [7, 11) is 0. The molecule has 0 saturated carbocycles. The first kappa shape index (κ1) is 14.0. The van der Waals surface area contributed by atoms with Crippen molar-refractivity contribution in [3.63, 3.8) is 0 Å². The van der Waals surface area contributed by atoms with Crippen LogP contribution in [0.3, 0.4) is 0 Å². The lowest BCUT2D eigenvalue weighted by Crippen LogP contribution is -2.57. The molecule has 0 radical (unpaired) electrons. The maximum Gasteiger partial charge on any atom is 0.322 e. The van der Waals surface area contributed by atoms with Crippen LogP contribution in [-0.4, -0.2) is 47.6 Å². The molecule has 1 atom stereocenters. The smallest absolute Gasteiger partial charge is 0.322 e. The summed E-state index contributed by atoms with van der Waals surface area (Å²) in [4.78, 5) is 24.0. The third kappa shape index (κ3) is 4.73. The lowest BCUT2D eigenvalue weighted by atomic mass is 10.1. The molecule has 1 heterocycles. The summed E-state index contributed by atoms with van der Waals surface area (Å²) >= 11 is 0. The summed E-state index contributed by atoms with van der Waals surface area (Å²) in [6.07, 6.45) is 5.69. The van der Waals surface area contributed by atoms with Crippen LogP contribution in [0.1, 0.15) is 39.0 Å². The van der Waals surface area contributed by atoms with E-state index in [1.165, 1.54) is 19.3 Å². The molecular weight excluding hydrogens is 220 g/mol. The van der Waals surface area contributed by atoms with Gasteiger partial charge in [0.25, 0.3) is 0 Å². The molecule has 17 heavy (non-hydrogen) atoms. The zero-order valence-corrected chi connectivity index (χ0v) is 10.4. The number of hydrogen-bond acceptors (Lipinski definition) is 3. The van der Waals surface area contributed by atoms with Crippen molar-refractivity contribution in [2.75, 3.05) is 19.6 Å². The number of unbranched alkanes of at least 4 members (excludes halogenated alkanes) is 4. The average molecular weight is 242 g/mol. The average Bonchev–Trinajstić information content (AvgIpc) is 2.28. The van der Waals surface area contributed by atoms with E-state index in [9.17, 15) is 9.59 Å². The first-order valence-corrected chi connectivity index (χ1v) is 6.38. The van der Waals surface area contributed by atoms with Gasteiger partial charge < -0.3 is 10.4 Å². The summed E-state index contributed by atoms with van der Waals surface area (Å²) in [5.74, 6) is -0.922. The predicted molar refractivity (Wildman–Crippen MR) is 64.8 cm³/mol. The van der Waals surface area contributed by atoms with Gasteiger partial charge in [-0.25, -0.2) is 0 Å². The fourth-order valence-electron chi connectivity index (χ4n) is 2.09. The fourth-order valence-corrected chi connectivity index (χ4v) is 2.09. The van der Waals surface area contributed by atoms with E-state index in [1.54, 1.807) is 4.90 Å². The predicted octanol–water partition coefficient (Wildman–Crippen LogP) is 0.842. The van der Waals surface area contributed by atoms with Crippen LogP contribution in [0.5, 0.6) is 0 Å². The number of nitrogens with one attached hydrogen (secondary N) is 1. The molecule has 5 nitrogen and oxygen atoms in total. The highest BCUT2D eigenvalue weighted by Gasteiger charge is 2.31. The van der Waals surface area contributed by atoms with Crippen molar-refractivity contribution >= 4 is 11.9 Å². The lowest BCUT2D eigenvalue weighted by Gasteiger charge is -2.32. The molecule has 0 aromatic rings. The van der Waals surface area contributed by atoms with Crippen LogP contribution >= 0.6 is 0 Å². The zero-order valence-electron chi connectivity index (χ0n) is 10.4. The third-order valence-electron chi connectivity index (χ3n) is 3.11. The van der Waals surface area contributed by atoms with Crippen molar-refractivity contribution in [2.24, 2.45) is 0 Å². The minimum Gasteiger partial charge on any atom is -0.480 e. The topological polar surface area (TPSA) is 69.6 Å². The van der Waals surface area contributed by atoms with Gasteiger partial charge in [-0.3, -0.25) is 14.5 Å². The van der Waals surface area contributed by atoms with Gasteiger partial charge in [-0.2, -0.15) is 0 Å². The second kappa shape index (κ2) is 7.27. The molecule has 1 saturated heterocycles.